The predicted molar refractivity (Wildman–Crippen MR) is 129 cm³/mol. The smallest absolute Gasteiger partial charge is 0.243 e. The second-order valence-electron chi connectivity index (χ2n) is 8.03. The van der Waals surface area contributed by atoms with Crippen LogP contribution in [0.1, 0.15) is 28.3 Å². The van der Waals surface area contributed by atoms with Gasteiger partial charge in [-0.25, -0.2) is 8.42 Å². The summed E-state index contributed by atoms with van der Waals surface area (Å²) in [6.45, 7) is 6.10. The minimum absolute atomic E-state index is 0.115. The first-order chi connectivity index (χ1) is 14.9. The van der Waals surface area contributed by atoms with Crippen molar-refractivity contribution in [3.63, 3.8) is 0 Å². The van der Waals surface area contributed by atoms with E-state index >= 15 is 0 Å². The second kappa shape index (κ2) is 9.25. The molecule has 0 radical (unpaired) electrons. The standard InChI is InChI=1S/C25H27BrN2O2S/c1-19-18-24(20(2)17-23(19)26)31(29,30)28-15-13-27(14-16-28)25(21-9-5-3-6-10-21)22-11-7-4-8-12-22/h3-12,17-18,25H,13-16H2,1-2H3. The molecule has 6 heteroatoms. The molecule has 4 nitrogen and oxygen atoms in total. The number of piperazine rings is 1. The van der Waals surface area contributed by atoms with Crippen molar-refractivity contribution in [2.45, 2.75) is 24.8 Å². The highest BCUT2D eigenvalue weighted by molar-refractivity contribution is 9.10. The first-order valence-corrected chi connectivity index (χ1v) is 12.7. The molecule has 162 valence electrons. The van der Waals surface area contributed by atoms with Crippen LogP contribution < -0.4 is 0 Å². The van der Waals surface area contributed by atoms with E-state index in [1.54, 1.807) is 10.4 Å². The Hall–Kier alpha value is -1.99. The first-order valence-electron chi connectivity index (χ1n) is 10.5. The van der Waals surface area contributed by atoms with Crippen molar-refractivity contribution in [2.24, 2.45) is 0 Å². The summed E-state index contributed by atoms with van der Waals surface area (Å²) < 4.78 is 29.3. The molecule has 1 aliphatic heterocycles. The Bertz CT molecular complexity index is 1100. The Morgan fingerprint density at radius 2 is 1.29 bits per heavy atom. The first kappa shape index (κ1) is 22.2. The van der Waals surface area contributed by atoms with Gasteiger partial charge in [-0.2, -0.15) is 4.31 Å². The Balaban J connectivity index is 1.58. The van der Waals surface area contributed by atoms with Crippen molar-refractivity contribution >= 4 is 26.0 Å². The van der Waals surface area contributed by atoms with E-state index < -0.39 is 10.0 Å². The molecule has 0 atom stereocenters. The summed E-state index contributed by atoms with van der Waals surface area (Å²) in [6.07, 6.45) is 0. The molecule has 0 aliphatic carbocycles. The molecule has 0 bridgehead atoms. The van der Waals surface area contributed by atoms with Crippen LogP contribution in [-0.2, 0) is 10.0 Å². The lowest BCUT2D eigenvalue weighted by atomic mass is 9.96. The van der Waals surface area contributed by atoms with E-state index in [9.17, 15) is 8.42 Å². The average Bonchev–Trinajstić information content (AvgIpc) is 2.78. The zero-order valence-electron chi connectivity index (χ0n) is 17.8. The molecule has 0 amide bonds. The van der Waals surface area contributed by atoms with E-state index in [0.29, 0.717) is 31.1 Å². The second-order valence-corrected chi connectivity index (χ2v) is 10.8. The summed E-state index contributed by atoms with van der Waals surface area (Å²) in [5, 5.41) is 0. The molecule has 1 heterocycles. The maximum atomic E-state index is 13.4. The van der Waals surface area contributed by atoms with Crippen LogP contribution in [0.15, 0.2) is 82.2 Å². The molecule has 1 saturated heterocycles. The number of hydrogen-bond acceptors (Lipinski definition) is 3. The molecular formula is C25H27BrN2O2S. The normalized spacial score (nSPS) is 16.0. The van der Waals surface area contributed by atoms with E-state index in [1.807, 2.05) is 32.0 Å². The van der Waals surface area contributed by atoms with Gasteiger partial charge >= 0.3 is 0 Å². The van der Waals surface area contributed by atoms with Gasteiger partial charge in [-0.05, 0) is 48.2 Å². The minimum atomic E-state index is -3.52. The van der Waals surface area contributed by atoms with E-state index in [4.69, 9.17) is 0 Å². The molecule has 4 rings (SSSR count). The van der Waals surface area contributed by atoms with E-state index in [1.165, 1.54) is 11.1 Å². The van der Waals surface area contributed by atoms with Gasteiger partial charge in [0.05, 0.1) is 10.9 Å². The number of hydrogen-bond donors (Lipinski definition) is 0. The van der Waals surface area contributed by atoms with Gasteiger partial charge in [0, 0.05) is 30.7 Å². The van der Waals surface area contributed by atoms with Crippen LogP contribution in [-0.4, -0.2) is 43.8 Å². The minimum Gasteiger partial charge on any atom is -0.290 e. The van der Waals surface area contributed by atoms with Crippen molar-refractivity contribution in [3.8, 4) is 0 Å². The Morgan fingerprint density at radius 1 is 0.774 bits per heavy atom. The van der Waals surface area contributed by atoms with Gasteiger partial charge in [-0.1, -0.05) is 76.6 Å². The molecule has 1 fully saturated rings. The summed E-state index contributed by atoms with van der Waals surface area (Å²) in [7, 11) is -3.52. The lowest BCUT2D eigenvalue weighted by molar-refractivity contribution is 0.156. The largest absolute Gasteiger partial charge is 0.290 e. The molecule has 0 saturated carbocycles. The molecule has 31 heavy (non-hydrogen) atoms. The summed E-state index contributed by atoms with van der Waals surface area (Å²) in [4.78, 5) is 2.79. The summed E-state index contributed by atoms with van der Waals surface area (Å²) in [5.41, 5.74) is 4.15. The van der Waals surface area contributed by atoms with Crippen LogP contribution >= 0.6 is 15.9 Å². The molecular weight excluding hydrogens is 472 g/mol. The third-order valence-corrected chi connectivity index (χ3v) is 8.84. The number of benzene rings is 3. The number of sulfonamides is 1. The fourth-order valence-corrected chi connectivity index (χ4v) is 6.43. The molecule has 0 spiro atoms. The van der Waals surface area contributed by atoms with Crippen LogP contribution in [0.4, 0.5) is 0 Å². The Labute approximate surface area is 193 Å². The summed E-state index contributed by atoms with van der Waals surface area (Å²) >= 11 is 3.50. The van der Waals surface area contributed by atoms with Gasteiger partial charge in [0.25, 0.3) is 0 Å². The van der Waals surface area contributed by atoms with Crippen molar-refractivity contribution in [2.75, 3.05) is 26.2 Å². The number of aryl methyl sites for hydroxylation is 2. The average molecular weight is 499 g/mol. The lowest BCUT2D eigenvalue weighted by Crippen LogP contribution is -2.49. The van der Waals surface area contributed by atoms with E-state index in [-0.39, 0.29) is 6.04 Å². The quantitative estimate of drug-likeness (QED) is 0.487. The van der Waals surface area contributed by atoms with Gasteiger partial charge in [-0.3, -0.25) is 4.90 Å². The maximum absolute atomic E-state index is 13.4. The maximum Gasteiger partial charge on any atom is 0.243 e. The highest BCUT2D eigenvalue weighted by Crippen LogP contribution is 2.31. The van der Waals surface area contributed by atoms with E-state index in [2.05, 4.69) is 69.4 Å². The van der Waals surface area contributed by atoms with Crippen LogP contribution in [0.5, 0.6) is 0 Å². The monoisotopic (exact) mass is 498 g/mol. The lowest BCUT2D eigenvalue weighted by Gasteiger charge is -2.39. The molecule has 0 N–H and O–H groups in total. The van der Waals surface area contributed by atoms with Crippen molar-refractivity contribution in [3.05, 3.63) is 99.5 Å². The topological polar surface area (TPSA) is 40.6 Å². The van der Waals surface area contributed by atoms with Gasteiger partial charge in [0.15, 0.2) is 0 Å². The Kier molecular flexibility index (Phi) is 6.63. The molecule has 1 aliphatic rings. The van der Waals surface area contributed by atoms with Crippen molar-refractivity contribution in [1.82, 2.24) is 9.21 Å². The molecule has 3 aromatic carbocycles. The SMILES string of the molecule is Cc1cc(S(=O)(=O)N2CCN(C(c3ccccc3)c3ccccc3)CC2)c(C)cc1Br. The van der Waals surface area contributed by atoms with E-state index in [0.717, 1.165) is 15.6 Å². The fraction of sp³-hybridized carbons (Fsp3) is 0.280. The predicted octanol–water partition coefficient (Wildman–Crippen LogP) is 5.16. The molecule has 3 aromatic rings. The van der Waals surface area contributed by atoms with Gasteiger partial charge in [0.2, 0.25) is 10.0 Å². The Morgan fingerprint density at radius 3 is 1.81 bits per heavy atom. The summed E-state index contributed by atoms with van der Waals surface area (Å²) in [5.74, 6) is 0. The van der Waals surface area contributed by atoms with Crippen LogP contribution in [0.25, 0.3) is 0 Å². The fourth-order valence-electron chi connectivity index (χ4n) is 4.26. The zero-order chi connectivity index (χ0) is 22.0. The van der Waals surface area contributed by atoms with Crippen molar-refractivity contribution in [1.29, 1.82) is 0 Å². The van der Waals surface area contributed by atoms with Gasteiger partial charge in [0.1, 0.15) is 0 Å². The zero-order valence-corrected chi connectivity index (χ0v) is 20.2. The number of halogens is 1. The van der Waals surface area contributed by atoms with Crippen molar-refractivity contribution < 1.29 is 8.42 Å². The third kappa shape index (κ3) is 4.62. The van der Waals surface area contributed by atoms with Crippen LogP contribution in [0.3, 0.4) is 0 Å². The van der Waals surface area contributed by atoms with Gasteiger partial charge in [-0.15, -0.1) is 0 Å². The highest BCUT2D eigenvalue weighted by Gasteiger charge is 2.33. The molecule has 0 unspecified atom stereocenters. The van der Waals surface area contributed by atoms with Crippen LogP contribution in [0.2, 0.25) is 0 Å². The van der Waals surface area contributed by atoms with Crippen LogP contribution in [0, 0.1) is 13.8 Å². The van der Waals surface area contributed by atoms with Gasteiger partial charge < -0.3 is 0 Å². The number of rotatable bonds is 5. The summed E-state index contributed by atoms with van der Waals surface area (Å²) in [6, 6.07) is 24.7. The highest BCUT2D eigenvalue weighted by atomic mass is 79.9. The molecule has 0 aromatic heterocycles. The number of nitrogens with zero attached hydrogens (tertiary/aromatic N) is 2. The third-order valence-electron chi connectivity index (χ3n) is 5.94.